The Labute approximate surface area is 279 Å². The van der Waals surface area contributed by atoms with Crippen LogP contribution in [0.4, 0.5) is 4.79 Å². The highest BCUT2D eigenvalue weighted by molar-refractivity contribution is 6.36. The third-order valence-electron chi connectivity index (χ3n) is 10.4. The fourth-order valence-corrected chi connectivity index (χ4v) is 8.10. The fraction of sp³-hybridized carbons (Fsp3) is 0.472. The van der Waals surface area contributed by atoms with E-state index in [1.807, 2.05) is 27.9 Å². The van der Waals surface area contributed by atoms with Gasteiger partial charge in [-0.1, -0.05) is 31.0 Å². The maximum absolute atomic E-state index is 12.5. The standard InChI is InChI=1S/C36H40ClN7O3/c1-4-5-13-47-35(45)42-20-36(21-42)17-26(18-36)43-23(3)31(34(41-43)25-9-10-28-24(16-25)11-12-38-40-28)32-27-19-39-44(30-8-6-7-14-46-30)29(27)15-22(2)33(32)37/h9-12,15-16,19,26,30H,4-8,13-14,17-18,20-21H2,1-3H3. The first-order chi connectivity index (χ1) is 22.9. The van der Waals surface area contributed by atoms with E-state index in [2.05, 4.69) is 53.8 Å². The lowest BCUT2D eigenvalue weighted by molar-refractivity contribution is -0.0825. The van der Waals surface area contributed by atoms with Crippen molar-refractivity contribution in [2.75, 3.05) is 26.3 Å². The summed E-state index contributed by atoms with van der Waals surface area (Å²) in [5.74, 6) is 0. The maximum atomic E-state index is 12.5. The minimum Gasteiger partial charge on any atom is -0.449 e. The van der Waals surface area contributed by atoms with E-state index in [-0.39, 0.29) is 23.8 Å². The molecule has 3 aliphatic rings. The lowest BCUT2D eigenvalue weighted by Gasteiger charge is -2.58. The first kappa shape index (κ1) is 30.3. The number of unbranched alkanes of at least 4 members (excludes halogenated alkanes) is 1. The van der Waals surface area contributed by atoms with Gasteiger partial charge in [-0.15, -0.1) is 0 Å². The number of aryl methyl sites for hydroxylation is 1. The van der Waals surface area contributed by atoms with Crippen LogP contribution in [0.2, 0.25) is 5.02 Å². The summed E-state index contributed by atoms with van der Waals surface area (Å²) in [4.78, 5) is 14.3. The Morgan fingerprint density at radius 2 is 1.96 bits per heavy atom. The molecule has 3 fully saturated rings. The predicted octanol–water partition coefficient (Wildman–Crippen LogP) is 8.05. The largest absolute Gasteiger partial charge is 0.449 e. The first-order valence-electron chi connectivity index (χ1n) is 16.9. The average Bonchev–Trinajstić information content (AvgIpc) is 3.61. The zero-order chi connectivity index (χ0) is 32.3. The summed E-state index contributed by atoms with van der Waals surface area (Å²) >= 11 is 7.26. The number of carbonyl (C=O) groups is 1. The van der Waals surface area contributed by atoms with Gasteiger partial charge in [0.05, 0.1) is 41.1 Å². The minimum atomic E-state index is -0.189. The molecule has 1 aliphatic carbocycles. The number of hydrogen-bond donors (Lipinski definition) is 0. The molecular formula is C36H40ClN7O3. The SMILES string of the molecule is CCCCOC(=O)N1CC2(CC(n3nc(-c4ccc5nnccc5c4)c(-c4c(Cl)c(C)cc5c4cnn5C4CCCCO4)c3C)C2)C1. The van der Waals surface area contributed by atoms with E-state index >= 15 is 0 Å². The van der Waals surface area contributed by atoms with Crippen LogP contribution < -0.4 is 0 Å². The zero-order valence-electron chi connectivity index (χ0n) is 27.2. The molecule has 2 aliphatic heterocycles. The van der Waals surface area contributed by atoms with E-state index < -0.39 is 0 Å². The van der Waals surface area contributed by atoms with Gasteiger partial charge in [0, 0.05) is 58.3 Å². The molecule has 0 bridgehead atoms. The Morgan fingerprint density at radius 1 is 1.11 bits per heavy atom. The molecular weight excluding hydrogens is 614 g/mol. The van der Waals surface area contributed by atoms with Crippen LogP contribution in [-0.4, -0.2) is 67.1 Å². The second kappa shape index (κ2) is 11.9. The van der Waals surface area contributed by atoms with Crippen molar-refractivity contribution in [2.45, 2.75) is 78.0 Å². The van der Waals surface area contributed by atoms with Crippen LogP contribution in [0.5, 0.6) is 0 Å². The molecule has 0 N–H and O–H groups in total. The molecule has 2 saturated heterocycles. The van der Waals surface area contributed by atoms with Crippen LogP contribution in [0.15, 0.2) is 42.7 Å². The van der Waals surface area contributed by atoms with Crippen LogP contribution in [0.25, 0.3) is 44.2 Å². The highest BCUT2D eigenvalue weighted by Crippen LogP contribution is 2.55. The van der Waals surface area contributed by atoms with Crippen molar-refractivity contribution in [3.63, 3.8) is 0 Å². The van der Waals surface area contributed by atoms with E-state index in [1.54, 1.807) is 6.20 Å². The minimum absolute atomic E-state index is 0.0864. The summed E-state index contributed by atoms with van der Waals surface area (Å²) in [5.41, 5.74) is 7.89. The second-order valence-electron chi connectivity index (χ2n) is 13.7. The summed E-state index contributed by atoms with van der Waals surface area (Å²) in [7, 11) is 0. The number of aromatic nitrogens is 6. The van der Waals surface area contributed by atoms with E-state index in [0.29, 0.717) is 11.6 Å². The highest BCUT2D eigenvalue weighted by atomic mass is 35.5. The third-order valence-corrected chi connectivity index (χ3v) is 10.8. The van der Waals surface area contributed by atoms with Crippen molar-refractivity contribution in [1.29, 1.82) is 0 Å². The smallest absolute Gasteiger partial charge is 0.409 e. The van der Waals surface area contributed by atoms with Gasteiger partial charge in [-0.3, -0.25) is 4.68 Å². The summed E-state index contributed by atoms with van der Waals surface area (Å²) in [6.07, 6.45) is 10.4. The molecule has 1 unspecified atom stereocenters. The maximum Gasteiger partial charge on any atom is 0.409 e. The van der Waals surface area contributed by atoms with Gasteiger partial charge in [0.1, 0.15) is 5.69 Å². The van der Waals surface area contributed by atoms with Crippen molar-refractivity contribution in [1.82, 2.24) is 34.7 Å². The normalized spacial score (nSPS) is 19.3. The van der Waals surface area contributed by atoms with Crippen molar-refractivity contribution in [3.8, 4) is 22.4 Å². The van der Waals surface area contributed by atoms with E-state index in [4.69, 9.17) is 31.3 Å². The van der Waals surface area contributed by atoms with Gasteiger partial charge in [-0.05, 0) is 82.2 Å². The van der Waals surface area contributed by atoms with Crippen LogP contribution in [-0.2, 0) is 9.47 Å². The number of ether oxygens (including phenoxy) is 2. The van der Waals surface area contributed by atoms with Gasteiger partial charge in [0.2, 0.25) is 0 Å². The second-order valence-corrected chi connectivity index (χ2v) is 14.0. The molecule has 1 amide bonds. The third kappa shape index (κ3) is 5.17. The molecule has 2 aromatic carbocycles. The number of hydrogen-bond acceptors (Lipinski definition) is 7. The van der Waals surface area contributed by atoms with Crippen LogP contribution in [0.3, 0.4) is 0 Å². The molecule has 5 heterocycles. The molecule has 8 rings (SSSR count). The number of likely N-dealkylation sites (tertiary alicyclic amines) is 1. The van der Waals surface area contributed by atoms with Crippen molar-refractivity contribution < 1.29 is 14.3 Å². The number of fused-ring (bicyclic) bond motifs is 2. The Bertz CT molecular complexity index is 1980. The lowest BCUT2D eigenvalue weighted by atomic mass is 9.61. The fourth-order valence-electron chi connectivity index (χ4n) is 7.85. The highest BCUT2D eigenvalue weighted by Gasteiger charge is 2.55. The molecule has 244 valence electrons. The predicted molar refractivity (Wildman–Crippen MR) is 181 cm³/mol. The van der Waals surface area contributed by atoms with Crippen molar-refractivity contribution in [3.05, 3.63) is 59.0 Å². The number of benzene rings is 2. The molecule has 0 radical (unpaired) electrons. The quantitative estimate of drug-likeness (QED) is 0.164. The van der Waals surface area contributed by atoms with Gasteiger partial charge < -0.3 is 14.4 Å². The van der Waals surface area contributed by atoms with Crippen LogP contribution in [0, 0.1) is 19.3 Å². The molecule has 1 atom stereocenters. The van der Waals surface area contributed by atoms with E-state index in [1.165, 1.54) is 0 Å². The van der Waals surface area contributed by atoms with Gasteiger partial charge in [-0.2, -0.15) is 20.4 Å². The van der Waals surface area contributed by atoms with E-state index in [9.17, 15) is 4.79 Å². The Hall–Kier alpha value is -4.02. The van der Waals surface area contributed by atoms with Gasteiger partial charge in [0.25, 0.3) is 0 Å². The van der Waals surface area contributed by atoms with Crippen molar-refractivity contribution >= 4 is 39.5 Å². The topological polar surface area (TPSA) is 100 Å². The molecule has 11 heteroatoms. The summed E-state index contributed by atoms with van der Waals surface area (Å²) in [5, 5.41) is 21.3. The molecule has 47 heavy (non-hydrogen) atoms. The van der Waals surface area contributed by atoms with E-state index in [0.717, 1.165) is 120 Å². The van der Waals surface area contributed by atoms with Gasteiger partial charge in [0.15, 0.2) is 6.23 Å². The lowest BCUT2D eigenvalue weighted by Crippen LogP contribution is -2.64. The first-order valence-corrected chi connectivity index (χ1v) is 17.2. The van der Waals surface area contributed by atoms with Crippen LogP contribution in [0.1, 0.15) is 75.4 Å². The number of nitrogens with zero attached hydrogens (tertiary/aromatic N) is 7. The summed E-state index contributed by atoms with van der Waals surface area (Å²) in [6.45, 7) is 9.03. The molecule has 1 saturated carbocycles. The number of rotatable bonds is 7. The Balaban J connectivity index is 1.19. The monoisotopic (exact) mass is 653 g/mol. The number of carbonyl (C=O) groups excluding carboxylic acids is 1. The Morgan fingerprint density at radius 3 is 2.74 bits per heavy atom. The zero-order valence-corrected chi connectivity index (χ0v) is 28.0. The number of amides is 1. The number of halogens is 1. The Kier molecular flexibility index (Phi) is 7.68. The molecule has 10 nitrogen and oxygen atoms in total. The molecule has 5 aromatic rings. The average molecular weight is 654 g/mol. The molecule has 1 spiro atoms. The summed E-state index contributed by atoms with van der Waals surface area (Å²) in [6, 6.07) is 10.5. The molecule has 3 aromatic heterocycles. The van der Waals surface area contributed by atoms with Crippen LogP contribution >= 0.6 is 11.6 Å². The van der Waals surface area contributed by atoms with Gasteiger partial charge >= 0.3 is 6.09 Å². The van der Waals surface area contributed by atoms with Crippen molar-refractivity contribution in [2.24, 2.45) is 5.41 Å². The summed E-state index contributed by atoms with van der Waals surface area (Å²) < 4.78 is 15.8. The van der Waals surface area contributed by atoms with Gasteiger partial charge in [-0.25, -0.2) is 9.48 Å².